The second-order valence-electron chi connectivity index (χ2n) is 4.60. The average Bonchev–Trinajstić information content (AvgIpc) is 2.87. The molecule has 0 saturated carbocycles. The summed E-state index contributed by atoms with van der Waals surface area (Å²) in [5.41, 5.74) is 2.00. The molecule has 0 aromatic heterocycles. The van der Waals surface area contributed by atoms with Gasteiger partial charge in [-0.15, -0.1) is 11.8 Å². The molecule has 20 heavy (non-hydrogen) atoms. The third-order valence-corrected chi connectivity index (χ3v) is 4.80. The maximum atomic E-state index is 11.8. The lowest BCUT2D eigenvalue weighted by molar-refractivity contribution is -0.146. The summed E-state index contributed by atoms with van der Waals surface area (Å²) in [6.07, 6.45) is -0.685. The first-order chi connectivity index (χ1) is 9.58. The van der Waals surface area contributed by atoms with Crippen LogP contribution in [-0.4, -0.2) is 37.2 Å². The summed E-state index contributed by atoms with van der Waals surface area (Å²) >= 11 is 1.51. The summed E-state index contributed by atoms with van der Waals surface area (Å²) in [5, 5.41) is 9.96. The molecule has 1 saturated heterocycles. The van der Waals surface area contributed by atoms with E-state index in [0.717, 1.165) is 21.8 Å². The Bertz CT molecular complexity index is 521. The normalized spacial score (nSPS) is 24.4. The molecule has 1 aromatic rings. The van der Waals surface area contributed by atoms with Crippen molar-refractivity contribution in [3.8, 4) is 5.75 Å². The molecule has 1 N–H and O–H groups in total. The van der Waals surface area contributed by atoms with Gasteiger partial charge in [0.05, 0.1) is 20.3 Å². The molecule has 1 heterocycles. The summed E-state index contributed by atoms with van der Waals surface area (Å²) in [4.78, 5) is 12.7. The van der Waals surface area contributed by atoms with Crippen molar-refractivity contribution in [1.29, 1.82) is 0 Å². The molecule has 1 aromatic carbocycles. The quantitative estimate of drug-likeness (QED) is 0.867. The van der Waals surface area contributed by atoms with Crippen LogP contribution in [0.2, 0.25) is 0 Å². The van der Waals surface area contributed by atoms with Gasteiger partial charge >= 0.3 is 5.97 Å². The number of hydrogen-bond acceptors (Lipinski definition) is 5. The van der Waals surface area contributed by atoms with E-state index in [0.29, 0.717) is 5.75 Å². The summed E-state index contributed by atoms with van der Waals surface area (Å²) in [7, 11) is 2.97. The number of thioether (sulfide) groups is 1. The van der Waals surface area contributed by atoms with Crippen molar-refractivity contribution in [3.63, 3.8) is 0 Å². The number of carbonyl (C=O) groups excluding carboxylic acids is 1. The Morgan fingerprint density at radius 2 is 1.95 bits per heavy atom. The van der Waals surface area contributed by atoms with Gasteiger partial charge < -0.3 is 14.6 Å². The third-order valence-electron chi connectivity index (χ3n) is 3.42. The molecule has 4 nitrogen and oxygen atoms in total. The van der Waals surface area contributed by atoms with Gasteiger partial charge in [0.25, 0.3) is 0 Å². The predicted molar refractivity (Wildman–Crippen MR) is 79.6 cm³/mol. The molecule has 1 aliphatic rings. The van der Waals surface area contributed by atoms with Gasteiger partial charge in [-0.3, -0.25) is 4.79 Å². The molecule has 2 unspecified atom stereocenters. The van der Waals surface area contributed by atoms with Crippen molar-refractivity contribution in [3.05, 3.63) is 34.7 Å². The first kappa shape index (κ1) is 14.9. The number of ether oxygens (including phenoxy) is 2. The molecule has 2 rings (SSSR count). The van der Waals surface area contributed by atoms with Crippen molar-refractivity contribution in [1.82, 2.24) is 0 Å². The van der Waals surface area contributed by atoms with Gasteiger partial charge in [0, 0.05) is 10.7 Å². The molecule has 0 amide bonds. The van der Waals surface area contributed by atoms with E-state index in [9.17, 15) is 9.90 Å². The summed E-state index contributed by atoms with van der Waals surface area (Å²) in [6, 6.07) is 7.65. The van der Waals surface area contributed by atoms with E-state index in [1.807, 2.05) is 31.2 Å². The van der Waals surface area contributed by atoms with Crippen LogP contribution < -0.4 is 4.74 Å². The lowest BCUT2D eigenvalue weighted by atomic mass is 9.97. The van der Waals surface area contributed by atoms with Crippen molar-refractivity contribution < 1.29 is 19.4 Å². The fraction of sp³-hybridized carbons (Fsp3) is 0.400. The van der Waals surface area contributed by atoms with Crippen LogP contribution in [0.15, 0.2) is 29.2 Å². The number of aliphatic hydroxyl groups excluding tert-OH is 1. The van der Waals surface area contributed by atoms with E-state index in [4.69, 9.17) is 9.47 Å². The summed E-state index contributed by atoms with van der Waals surface area (Å²) in [6.45, 7) is 1.96. The minimum Gasteiger partial charge on any atom is -0.497 e. The Balaban J connectivity index is 2.36. The number of benzene rings is 1. The van der Waals surface area contributed by atoms with Gasteiger partial charge in [-0.05, 0) is 30.2 Å². The highest BCUT2D eigenvalue weighted by Crippen LogP contribution is 2.42. The summed E-state index contributed by atoms with van der Waals surface area (Å²) in [5.74, 6) is 0.343. The minimum atomic E-state index is -0.685. The van der Waals surface area contributed by atoms with Gasteiger partial charge in [0.15, 0.2) is 0 Å². The Hall–Kier alpha value is -1.46. The van der Waals surface area contributed by atoms with Crippen molar-refractivity contribution >= 4 is 23.3 Å². The van der Waals surface area contributed by atoms with Crippen LogP contribution in [-0.2, 0) is 9.53 Å². The van der Waals surface area contributed by atoms with Crippen LogP contribution in [0.1, 0.15) is 12.5 Å². The highest BCUT2D eigenvalue weighted by Gasteiger charge is 2.38. The second-order valence-corrected chi connectivity index (χ2v) is 5.66. The zero-order valence-electron chi connectivity index (χ0n) is 11.8. The van der Waals surface area contributed by atoms with E-state index in [1.165, 1.54) is 18.9 Å². The SMILES string of the molecule is COC(=O)C1/C(=C(/C)c2ccc(OC)cc2)SCC1O. The van der Waals surface area contributed by atoms with Crippen LogP contribution >= 0.6 is 11.8 Å². The number of hydrogen-bond donors (Lipinski definition) is 1. The maximum Gasteiger partial charge on any atom is 0.316 e. The highest BCUT2D eigenvalue weighted by atomic mass is 32.2. The average molecular weight is 294 g/mol. The topological polar surface area (TPSA) is 55.8 Å². The van der Waals surface area contributed by atoms with Gasteiger partial charge in [-0.1, -0.05) is 12.1 Å². The highest BCUT2D eigenvalue weighted by molar-refractivity contribution is 8.03. The molecule has 0 radical (unpaired) electrons. The molecule has 108 valence electrons. The van der Waals surface area contributed by atoms with Crippen LogP contribution in [0.3, 0.4) is 0 Å². The van der Waals surface area contributed by atoms with Crippen molar-refractivity contribution in [2.75, 3.05) is 20.0 Å². The molecule has 0 spiro atoms. The molecule has 0 aliphatic carbocycles. The van der Waals surface area contributed by atoms with Gasteiger partial charge in [0.1, 0.15) is 11.7 Å². The molecule has 5 heteroatoms. The molecule has 1 fully saturated rings. The Morgan fingerprint density at radius 3 is 2.50 bits per heavy atom. The molecule has 2 atom stereocenters. The number of allylic oxidation sites excluding steroid dienone is 1. The van der Waals surface area contributed by atoms with Crippen LogP contribution in [0.4, 0.5) is 0 Å². The van der Waals surface area contributed by atoms with E-state index in [2.05, 4.69) is 0 Å². The molecular weight excluding hydrogens is 276 g/mol. The standard InChI is InChI=1S/C15H18O4S/c1-9(10-4-6-11(18-2)7-5-10)14-13(15(17)19-3)12(16)8-20-14/h4-7,12-13,16H,8H2,1-3H3/b14-9+. The van der Waals surface area contributed by atoms with Crippen LogP contribution in [0, 0.1) is 5.92 Å². The van der Waals surface area contributed by atoms with Gasteiger partial charge in [-0.25, -0.2) is 0 Å². The first-order valence-corrected chi connectivity index (χ1v) is 7.31. The number of rotatable bonds is 3. The zero-order chi connectivity index (χ0) is 14.7. The van der Waals surface area contributed by atoms with Crippen LogP contribution in [0.5, 0.6) is 5.75 Å². The number of aliphatic hydroxyl groups is 1. The Morgan fingerprint density at radius 1 is 1.30 bits per heavy atom. The van der Waals surface area contributed by atoms with E-state index < -0.39 is 12.0 Å². The lowest BCUT2D eigenvalue weighted by Gasteiger charge is -2.15. The Kier molecular flexibility index (Phi) is 4.73. The fourth-order valence-electron chi connectivity index (χ4n) is 2.25. The van der Waals surface area contributed by atoms with Crippen LogP contribution in [0.25, 0.3) is 5.57 Å². The molecular formula is C15H18O4S. The largest absolute Gasteiger partial charge is 0.497 e. The van der Waals surface area contributed by atoms with E-state index >= 15 is 0 Å². The fourth-order valence-corrected chi connectivity index (χ4v) is 3.56. The smallest absolute Gasteiger partial charge is 0.316 e. The van der Waals surface area contributed by atoms with E-state index in [1.54, 1.807) is 7.11 Å². The van der Waals surface area contributed by atoms with E-state index in [-0.39, 0.29) is 5.97 Å². The first-order valence-electron chi connectivity index (χ1n) is 6.32. The summed E-state index contributed by atoms with van der Waals surface area (Å²) < 4.78 is 9.92. The van der Waals surface area contributed by atoms with Gasteiger partial charge in [-0.2, -0.15) is 0 Å². The second kappa shape index (κ2) is 6.33. The monoisotopic (exact) mass is 294 g/mol. The Labute approximate surface area is 122 Å². The van der Waals surface area contributed by atoms with Crippen molar-refractivity contribution in [2.24, 2.45) is 5.92 Å². The molecule has 0 bridgehead atoms. The maximum absolute atomic E-state index is 11.8. The predicted octanol–water partition coefficient (Wildman–Crippen LogP) is 2.32. The number of esters is 1. The third kappa shape index (κ3) is 2.83. The number of carbonyl (C=O) groups is 1. The number of methoxy groups -OCH3 is 2. The van der Waals surface area contributed by atoms with Crippen molar-refractivity contribution in [2.45, 2.75) is 13.0 Å². The minimum absolute atomic E-state index is 0.384. The molecule has 1 aliphatic heterocycles. The zero-order valence-corrected chi connectivity index (χ0v) is 12.6. The lowest BCUT2D eigenvalue weighted by Crippen LogP contribution is -2.27. The van der Waals surface area contributed by atoms with Gasteiger partial charge in [0.2, 0.25) is 0 Å².